The lowest BCUT2D eigenvalue weighted by Gasteiger charge is -2.33. The van der Waals surface area contributed by atoms with Crippen LogP contribution in [0.15, 0.2) is 30.5 Å². The van der Waals surface area contributed by atoms with Crippen molar-refractivity contribution in [2.45, 2.75) is 32.0 Å². The van der Waals surface area contributed by atoms with E-state index in [0.717, 1.165) is 0 Å². The smallest absolute Gasteiger partial charge is 0.358 e. The molecule has 3 rings (SSSR count). The van der Waals surface area contributed by atoms with Gasteiger partial charge in [0.15, 0.2) is 5.69 Å². The molecular weight excluding hydrogens is 315 g/mol. The normalized spacial score (nSPS) is 20.9. The van der Waals surface area contributed by atoms with Crippen molar-refractivity contribution in [1.82, 2.24) is 15.0 Å². The topological polar surface area (TPSA) is 97.1 Å². The molecule has 0 radical (unpaired) electrons. The number of carbonyl (C=O) groups is 2. The molecule has 1 unspecified atom stereocenters. The Labute approximate surface area is 137 Å². The Bertz CT molecular complexity index is 768. The SMILES string of the molecule is CC(F)c1cccc(NC(=O)C2CC(n3cc(C(=O)O)nn3)C2)c1. The number of carboxylic acids is 1. The van der Waals surface area contributed by atoms with Crippen molar-refractivity contribution < 1.29 is 19.1 Å². The van der Waals surface area contributed by atoms with E-state index in [4.69, 9.17) is 5.11 Å². The number of benzene rings is 1. The molecule has 1 atom stereocenters. The number of amides is 1. The van der Waals surface area contributed by atoms with Gasteiger partial charge >= 0.3 is 5.97 Å². The number of aromatic nitrogens is 3. The van der Waals surface area contributed by atoms with Crippen LogP contribution in [-0.2, 0) is 4.79 Å². The van der Waals surface area contributed by atoms with Crippen molar-refractivity contribution in [3.05, 3.63) is 41.7 Å². The van der Waals surface area contributed by atoms with Gasteiger partial charge in [0.25, 0.3) is 0 Å². The number of nitrogens with zero attached hydrogens (tertiary/aromatic N) is 3. The zero-order valence-electron chi connectivity index (χ0n) is 13.0. The summed E-state index contributed by atoms with van der Waals surface area (Å²) in [4.78, 5) is 23.0. The van der Waals surface area contributed by atoms with Gasteiger partial charge in [-0.05, 0) is 37.5 Å². The monoisotopic (exact) mass is 332 g/mol. The second-order valence-electron chi connectivity index (χ2n) is 5.94. The van der Waals surface area contributed by atoms with E-state index < -0.39 is 12.1 Å². The lowest BCUT2D eigenvalue weighted by atomic mass is 9.79. The predicted octanol–water partition coefficient (Wildman–Crippen LogP) is 2.60. The maximum atomic E-state index is 13.3. The number of alkyl halides is 1. The molecule has 0 spiro atoms. The van der Waals surface area contributed by atoms with Crippen LogP contribution >= 0.6 is 0 Å². The number of rotatable bonds is 5. The highest BCUT2D eigenvalue weighted by Crippen LogP contribution is 2.38. The van der Waals surface area contributed by atoms with Crippen molar-refractivity contribution >= 4 is 17.6 Å². The standard InChI is InChI=1S/C16H17FN4O3/c1-9(17)10-3-2-4-12(5-10)18-15(22)11-6-13(7-11)21-8-14(16(23)24)19-20-21/h2-5,8-9,11,13H,6-7H2,1H3,(H,18,22)(H,23,24). The first kappa shape index (κ1) is 16.1. The van der Waals surface area contributed by atoms with Crippen LogP contribution in [-0.4, -0.2) is 32.0 Å². The Balaban J connectivity index is 1.56. The van der Waals surface area contributed by atoms with Crippen LogP contribution in [0, 0.1) is 5.92 Å². The average Bonchev–Trinajstić information content (AvgIpc) is 2.95. The summed E-state index contributed by atoms with van der Waals surface area (Å²) in [5, 5.41) is 19.0. The van der Waals surface area contributed by atoms with Gasteiger partial charge in [0.2, 0.25) is 5.91 Å². The number of nitrogens with one attached hydrogen (secondary N) is 1. The number of aromatic carboxylic acids is 1. The number of anilines is 1. The highest BCUT2D eigenvalue weighted by Gasteiger charge is 2.36. The molecular formula is C16H17FN4O3. The Morgan fingerprint density at radius 3 is 2.79 bits per heavy atom. The summed E-state index contributed by atoms with van der Waals surface area (Å²) in [6.45, 7) is 1.45. The number of hydrogen-bond acceptors (Lipinski definition) is 4. The minimum Gasteiger partial charge on any atom is -0.476 e. The molecule has 2 N–H and O–H groups in total. The fourth-order valence-corrected chi connectivity index (χ4v) is 2.68. The minimum atomic E-state index is -1.13. The van der Waals surface area contributed by atoms with Gasteiger partial charge in [-0.1, -0.05) is 17.3 Å². The van der Waals surface area contributed by atoms with Crippen LogP contribution in [0.25, 0.3) is 0 Å². The summed E-state index contributed by atoms with van der Waals surface area (Å²) in [7, 11) is 0. The van der Waals surface area contributed by atoms with Crippen molar-refractivity contribution in [3.63, 3.8) is 0 Å². The van der Waals surface area contributed by atoms with E-state index >= 15 is 0 Å². The molecule has 0 saturated heterocycles. The van der Waals surface area contributed by atoms with E-state index in [2.05, 4.69) is 15.6 Å². The van der Waals surface area contributed by atoms with Crippen molar-refractivity contribution in [2.24, 2.45) is 5.92 Å². The van der Waals surface area contributed by atoms with Gasteiger partial charge in [-0.15, -0.1) is 5.10 Å². The highest BCUT2D eigenvalue weighted by molar-refractivity contribution is 5.93. The van der Waals surface area contributed by atoms with Crippen molar-refractivity contribution in [2.75, 3.05) is 5.32 Å². The third kappa shape index (κ3) is 3.27. The predicted molar refractivity (Wildman–Crippen MR) is 83.3 cm³/mol. The fraction of sp³-hybridized carbons (Fsp3) is 0.375. The number of carbonyl (C=O) groups excluding carboxylic acids is 1. The molecule has 1 saturated carbocycles. The largest absolute Gasteiger partial charge is 0.476 e. The van der Waals surface area contributed by atoms with E-state index in [-0.39, 0.29) is 23.6 Å². The van der Waals surface area contributed by atoms with Crippen LogP contribution < -0.4 is 5.32 Å². The Hall–Kier alpha value is -2.77. The maximum Gasteiger partial charge on any atom is 0.358 e. The van der Waals surface area contributed by atoms with Crippen LogP contribution in [0.3, 0.4) is 0 Å². The summed E-state index contributed by atoms with van der Waals surface area (Å²) in [6.07, 6.45) is 1.40. The van der Waals surface area contributed by atoms with Crippen LogP contribution in [0.1, 0.15) is 48.0 Å². The average molecular weight is 332 g/mol. The minimum absolute atomic E-state index is 0.0291. The van der Waals surface area contributed by atoms with Gasteiger partial charge in [-0.3, -0.25) is 4.79 Å². The first-order valence-corrected chi connectivity index (χ1v) is 7.64. The zero-order valence-corrected chi connectivity index (χ0v) is 13.0. The van der Waals surface area contributed by atoms with E-state index in [0.29, 0.717) is 24.1 Å². The van der Waals surface area contributed by atoms with Crippen LogP contribution in [0.5, 0.6) is 0 Å². The third-order valence-electron chi connectivity index (χ3n) is 4.20. The van der Waals surface area contributed by atoms with Gasteiger partial charge < -0.3 is 10.4 Å². The quantitative estimate of drug-likeness (QED) is 0.877. The van der Waals surface area contributed by atoms with Crippen LogP contribution in [0.4, 0.5) is 10.1 Å². The molecule has 1 aliphatic rings. The molecule has 1 heterocycles. The van der Waals surface area contributed by atoms with Crippen LogP contribution in [0.2, 0.25) is 0 Å². The number of hydrogen-bond donors (Lipinski definition) is 2. The summed E-state index contributed by atoms with van der Waals surface area (Å²) in [5.41, 5.74) is 0.975. The molecule has 1 aromatic carbocycles. The maximum absolute atomic E-state index is 13.3. The summed E-state index contributed by atoms with van der Waals surface area (Å²) < 4.78 is 14.8. The van der Waals surface area contributed by atoms with Crippen molar-refractivity contribution in [1.29, 1.82) is 0 Å². The molecule has 0 aliphatic heterocycles. The van der Waals surface area contributed by atoms with Crippen molar-refractivity contribution in [3.8, 4) is 0 Å². The molecule has 24 heavy (non-hydrogen) atoms. The summed E-state index contributed by atoms with van der Waals surface area (Å²) in [6, 6.07) is 6.68. The Morgan fingerprint density at radius 1 is 1.42 bits per heavy atom. The van der Waals surface area contributed by atoms with Gasteiger partial charge in [0, 0.05) is 11.6 Å². The Kier molecular flexibility index (Phi) is 4.28. The molecule has 8 heteroatoms. The molecule has 7 nitrogen and oxygen atoms in total. The second-order valence-corrected chi connectivity index (χ2v) is 5.94. The van der Waals surface area contributed by atoms with Gasteiger partial charge in [0.1, 0.15) is 6.17 Å². The van der Waals surface area contributed by atoms with E-state index in [1.165, 1.54) is 17.8 Å². The second kappa shape index (κ2) is 6.38. The highest BCUT2D eigenvalue weighted by atomic mass is 19.1. The number of carboxylic acid groups (broad SMARTS) is 1. The molecule has 1 amide bonds. The molecule has 1 fully saturated rings. The van der Waals surface area contributed by atoms with E-state index in [1.54, 1.807) is 24.3 Å². The lowest BCUT2D eigenvalue weighted by molar-refractivity contribution is -0.123. The molecule has 126 valence electrons. The van der Waals surface area contributed by atoms with Gasteiger partial charge in [0.05, 0.1) is 12.2 Å². The summed E-state index contributed by atoms with van der Waals surface area (Å²) >= 11 is 0. The van der Waals surface area contributed by atoms with E-state index in [9.17, 15) is 14.0 Å². The number of halogens is 1. The van der Waals surface area contributed by atoms with E-state index in [1.807, 2.05) is 0 Å². The lowest BCUT2D eigenvalue weighted by Crippen LogP contribution is -2.36. The molecule has 2 aromatic rings. The molecule has 1 aliphatic carbocycles. The molecule has 1 aromatic heterocycles. The zero-order chi connectivity index (χ0) is 17.3. The van der Waals surface area contributed by atoms with Gasteiger partial charge in [-0.2, -0.15) is 0 Å². The molecule has 0 bridgehead atoms. The first-order valence-electron chi connectivity index (χ1n) is 7.64. The summed E-state index contributed by atoms with van der Waals surface area (Å²) in [5.74, 6) is -1.44. The fourth-order valence-electron chi connectivity index (χ4n) is 2.68. The third-order valence-corrected chi connectivity index (χ3v) is 4.20. The van der Waals surface area contributed by atoms with Gasteiger partial charge in [-0.25, -0.2) is 13.9 Å². The Morgan fingerprint density at radius 2 is 2.17 bits per heavy atom. The first-order chi connectivity index (χ1) is 11.4.